The van der Waals surface area contributed by atoms with Gasteiger partial charge in [0.2, 0.25) is 0 Å². The normalized spacial score (nSPS) is 11.2. The molecule has 0 aliphatic heterocycles. The Morgan fingerprint density at radius 1 is 0.958 bits per heavy atom. The van der Waals surface area contributed by atoms with E-state index in [0.29, 0.717) is 13.1 Å². The first kappa shape index (κ1) is 16.7. The van der Waals surface area contributed by atoms with E-state index in [9.17, 15) is 0 Å². The van der Waals surface area contributed by atoms with Crippen LogP contribution in [-0.4, -0.2) is 15.0 Å². The summed E-state index contributed by atoms with van der Waals surface area (Å²) in [5, 5.41) is 13.5. The van der Waals surface area contributed by atoms with Crippen LogP contribution >= 0.6 is 11.6 Å². The molecule has 3 rings (SSSR count). The number of nitrogens with zero attached hydrogens (tertiary/aromatic N) is 3. The molecule has 2 aromatic carbocycles. The molecule has 0 radical (unpaired) electrons. The Labute approximate surface area is 147 Å². The van der Waals surface area contributed by atoms with Gasteiger partial charge in [0.1, 0.15) is 11.4 Å². The van der Waals surface area contributed by atoms with Crippen LogP contribution in [0.3, 0.4) is 0 Å². The second-order valence-corrected chi connectivity index (χ2v) is 6.38. The summed E-state index contributed by atoms with van der Waals surface area (Å²) in [4.78, 5) is 1.77. The van der Waals surface area contributed by atoms with Gasteiger partial charge in [-0.25, -0.2) is 0 Å². The van der Waals surface area contributed by atoms with Crippen molar-refractivity contribution in [2.45, 2.75) is 33.0 Å². The van der Waals surface area contributed by atoms with Crippen molar-refractivity contribution in [3.63, 3.8) is 0 Å². The molecule has 5 heteroatoms. The zero-order valence-corrected chi connectivity index (χ0v) is 14.7. The number of aromatic nitrogens is 3. The molecule has 124 valence electrons. The standard InChI is InChI=1S/C19H21ClN4/c1-14(2)24-22-18(19(23-24)15-8-4-3-5-9-15)13-21-12-16-10-6-7-11-17(16)20/h3-11,14,21H,12-13H2,1-2H3. The first-order valence-electron chi connectivity index (χ1n) is 8.10. The van der Waals surface area contributed by atoms with E-state index in [4.69, 9.17) is 11.6 Å². The van der Waals surface area contributed by atoms with Gasteiger partial charge in [0, 0.05) is 23.7 Å². The van der Waals surface area contributed by atoms with Crippen molar-refractivity contribution in [2.24, 2.45) is 0 Å². The molecule has 4 nitrogen and oxygen atoms in total. The molecule has 0 aliphatic carbocycles. The van der Waals surface area contributed by atoms with Crippen molar-refractivity contribution in [1.82, 2.24) is 20.3 Å². The summed E-state index contributed by atoms with van der Waals surface area (Å²) in [6.07, 6.45) is 0. The Morgan fingerprint density at radius 3 is 2.38 bits per heavy atom. The van der Waals surface area contributed by atoms with Crippen LogP contribution in [-0.2, 0) is 13.1 Å². The molecule has 0 bridgehead atoms. The fourth-order valence-corrected chi connectivity index (χ4v) is 2.68. The molecule has 1 aromatic heterocycles. The summed E-state index contributed by atoms with van der Waals surface area (Å²) in [5.41, 5.74) is 4.04. The maximum Gasteiger partial charge on any atom is 0.117 e. The van der Waals surface area contributed by atoms with E-state index in [2.05, 4.69) is 41.5 Å². The van der Waals surface area contributed by atoms with Crippen LogP contribution < -0.4 is 5.32 Å². The summed E-state index contributed by atoms with van der Waals surface area (Å²) in [6.45, 7) is 5.50. The quantitative estimate of drug-likeness (QED) is 0.720. The fourth-order valence-electron chi connectivity index (χ4n) is 2.48. The Balaban J connectivity index is 1.78. The third-order valence-corrected chi connectivity index (χ3v) is 4.14. The number of hydrogen-bond acceptors (Lipinski definition) is 3. The second-order valence-electron chi connectivity index (χ2n) is 5.97. The number of halogens is 1. The highest BCUT2D eigenvalue weighted by atomic mass is 35.5. The largest absolute Gasteiger partial charge is 0.307 e. The summed E-state index contributed by atoms with van der Waals surface area (Å²) in [7, 11) is 0. The average Bonchev–Trinajstić information content (AvgIpc) is 3.02. The second kappa shape index (κ2) is 7.60. The van der Waals surface area contributed by atoms with Gasteiger partial charge >= 0.3 is 0 Å². The predicted molar refractivity (Wildman–Crippen MR) is 97.8 cm³/mol. The molecule has 1 heterocycles. The monoisotopic (exact) mass is 340 g/mol. The molecular formula is C19H21ClN4. The molecule has 0 atom stereocenters. The number of hydrogen-bond donors (Lipinski definition) is 1. The third kappa shape index (κ3) is 3.83. The SMILES string of the molecule is CC(C)n1nc(CNCc2ccccc2Cl)c(-c2ccccc2)n1. The fraction of sp³-hybridized carbons (Fsp3) is 0.263. The predicted octanol–water partition coefficient (Wildman–Crippen LogP) is 4.47. The van der Waals surface area contributed by atoms with Gasteiger partial charge in [0.15, 0.2) is 0 Å². The van der Waals surface area contributed by atoms with E-state index in [0.717, 1.165) is 27.5 Å². The number of rotatable bonds is 6. The average molecular weight is 341 g/mol. The molecule has 0 fully saturated rings. The van der Waals surface area contributed by atoms with Crippen molar-refractivity contribution in [3.8, 4) is 11.3 Å². The van der Waals surface area contributed by atoms with Crippen LogP contribution in [0.25, 0.3) is 11.3 Å². The van der Waals surface area contributed by atoms with Crippen molar-refractivity contribution < 1.29 is 0 Å². The molecule has 24 heavy (non-hydrogen) atoms. The summed E-state index contributed by atoms with van der Waals surface area (Å²) < 4.78 is 0. The van der Waals surface area contributed by atoms with Gasteiger partial charge < -0.3 is 5.32 Å². The molecule has 1 N–H and O–H groups in total. The van der Waals surface area contributed by atoms with Crippen LogP contribution in [0.15, 0.2) is 54.6 Å². The van der Waals surface area contributed by atoms with Gasteiger partial charge in [0.25, 0.3) is 0 Å². The lowest BCUT2D eigenvalue weighted by molar-refractivity contribution is 0.461. The van der Waals surface area contributed by atoms with Gasteiger partial charge in [0.05, 0.1) is 6.04 Å². The summed E-state index contributed by atoms with van der Waals surface area (Å²) in [6, 6.07) is 18.3. The lowest BCUT2D eigenvalue weighted by Gasteiger charge is -2.06. The smallest absolute Gasteiger partial charge is 0.117 e. The highest BCUT2D eigenvalue weighted by Crippen LogP contribution is 2.21. The van der Waals surface area contributed by atoms with Gasteiger partial charge in [-0.1, -0.05) is 60.1 Å². The Bertz CT molecular complexity index is 796. The summed E-state index contributed by atoms with van der Waals surface area (Å²) in [5.74, 6) is 0. The summed E-state index contributed by atoms with van der Waals surface area (Å²) >= 11 is 6.21. The van der Waals surface area contributed by atoms with Crippen LogP contribution in [0.4, 0.5) is 0 Å². The van der Waals surface area contributed by atoms with Gasteiger partial charge in [-0.15, -0.1) is 0 Å². The maximum absolute atomic E-state index is 6.21. The Hall–Kier alpha value is -2.17. The lowest BCUT2D eigenvalue weighted by Crippen LogP contribution is -2.14. The first-order valence-corrected chi connectivity index (χ1v) is 8.48. The minimum Gasteiger partial charge on any atom is -0.307 e. The zero-order valence-electron chi connectivity index (χ0n) is 13.9. The van der Waals surface area contributed by atoms with Gasteiger partial charge in [-0.3, -0.25) is 0 Å². The topological polar surface area (TPSA) is 42.7 Å². The molecule has 0 unspecified atom stereocenters. The molecule has 0 amide bonds. The van der Waals surface area contributed by atoms with E-state index >= 15 is 0 Å². The van der Waals surface area contributed by atoms with Crippen molar-refractivity contribution in [2.75, 3.05) is 0 Å². The van der Waals surface area contributed by atoms with Crippen LogP contribution in [0.1, 0.15) is 31.1 Å². The third-order valence-electron chi connectivity index (χ3n) is 3.77. The Morgan fingerprint density at radius 2 is 1.67 bits per heavy atom. The molecular weight excluding hydrogens is 320 g/mol. The van der Waals surface area contributed by atoms with E-state index in [1.165, 1.54) is 0 Å². The van der Waals surface area contributed by atoms with E-state index in [1.54, 1.807) is 4.80 Å². The van der Waals surface area contributed by atoms with E-state index < -0.39 is 0 Å². The van der Waals surface area contributed by atoms with Crippen LogP contribution in [0.2, 0.25) is 5.02 Å². The lowest BCUT2D eigenvalue weighted by atomic mass is 10.1. The minimum absolute atomic E-state index is 0.227. The van der Waals surface area contributed by atoms with Crippen molar-refractivity contribution in [1.29, 1.82) is 0 Å². The number of benzene rings is 2. The highest BCUT2D eigenvalue weighted by molar-refractivity contribution is 6.31. The molecule has 0 spiro atoms. The molecule has 3 aromatic rings. The molecule has 0 saturated heterocycles. The van der Waals surface area contributed by atoms with Crippen LogP contribution in [0.5, 0.6) is 0 Å². The van der Waals surface area contributed by atoms with E-state index in [-0.39, 0.29) is 6.04 Å². The van der Waals surface area contributed by atoms with Crippen LogP contribution in [0, 0.1) is 0 Å². The Kier molecular flexibility index (Phi) is 5.28. The maximum atomic E-state index is 6.21. The van der Waals surface area contributed by atoms with E-state index in [1.807, 2.05) is 42.5 Å². The zero-order chi connectivity index (χ0) is 16.9. The van der Waals surface area contributed by atoms with Crippen molar-refractivity contribution >= 4 is 11.6 Å². The van der Waals surface area contributed by atoms with Gasteiger partial charge in [-0.05, 0) is 25.5 Å². The molecule has 0 aliphatic rings. The minimum atomic E-state index is 0.227. The number of nitrogens with one attached hydrogen (secondary N) is 1. The highest BCUT2D eigenvalue weighted by Gasteiger charge is 2.14. The van der Waals surface area contributed by atoms with Crippen molar-refractivity contribution in [3.05, 3.63) is 70.9 Å². The van der Waals surface area contributed by atoms with Gasteiger partial charge in [-0.2, -0.15) is 15.0 Å². The molecule has 0 saturated carbocycles. The first-order chi connectivity index (χ1) is 11.6.